The number of sulfonamides is 1. The molecule has 0 radical (unpaired) electrons. The summed E-state index contributed by atoms with van der Waals surface area (Å²) in [6.07, 6.45) is 3.58. The smallest absolute Gasteiger partial charge is 0.214 e. The summed E-state index contributed by atoms with van der Waals surface area (Å²) in [4.78, 5) is 0. The first-order chi connectivity index (χ1) is 8.14. The Morgan fingerprint density at radius 1 is 1.33 bits per heavy atom. The third-order valence-electron chi connectivity index (χ3n) is 4.02. The van der Waals surface area contributed by atoms with E-state index in [1.54, 1.807) is 14.1 Å². The maximum atomic E-state index is 11.6. The van der Waals surface area contributed by atoms with E-state index in [2.05, 4.69) is 26.1 Å². The van der Waals surface area contributed by atoms with Crippen LogP contribution in [0.2, 0.25) is 0 Å². The summed E-state index contributed by atoms with van der Waals surface area (Å²) in [6, 6.07) is 0.468. The van der Waals surface area contributed by atoms with Crippen LogP contribution < -0.4 is 5.32 Å². The number of nitrogens with zero attached hydrogens (tertiary/aromatic N) is 1. The third kappa shape index (κ3) is 4.52. The zero-order valence-corrected chi connectivity index (χ0v) is 13.2. The second-order valence-electron chi connectivity index (χ2n) is 6.54. The fourth-order valence-corrected chi connectivity index (χ4v) is 3.55. The summed E-state index contributed by atoms with van der Waals surface area (Å²) < 4.78 is 24.6. The SMILES string of the molecule is CC1CC(C)(C)CCC1NCCS(=O)(=O)N(C)C. The first-order valence-corrected chi connectivity index (χ1v) is 8.38. The van der Waals surface area contributed by atoms with E-state index < -0.39 is 10.0 Å². The van der Waals surface area contributed by atoms with Gasteiger partial charge in [-0.2, -0.15) is 0 Å². The van der Waals surface area contributed by atoms with E-state index >= 15 is 0 Å². The molecular formula is C13H28N2O2S. The molecule has 1 saturated carbocycles. The topological polar surface area (TPSA) is 49.4 Å². The lowest BCUT2D eigenvalue weighted by atomic mass is 9.70. The van der Waals surface area contributed by atoms with Crippen molar-refractivity contribution in [2.24, 2.45) is 11.3 Å². The highest BCUT2D eigenvalue weighted by molar-refractivity contribution is 7.89. The van der Waals surface area contributed by atoms with Gasteiger partial charge in [0.1, 0.15) is 0 Å². The fraction of sp³-hybridized carbons (Fsp3) is 1.00. The van der Waals surface area contributed by atoms with Crippen LogP contribution in [0.5, 0.6) is 0 Å². The van der Waals surface area contributed by atoms with E-state index in [4.69, 9.17) is 0 Å². The van der Waals surface area contributed by atoms with Crippen LogP contribution in [0.1, 0.15) is 40.0 Å². The van der Waals surface area contributed by atoms with Gasteiger partial charge in [-0.3, -0.25) is 0 Å². The summed E-state index contributed by atoms with van der Waals surface area (Å²) in [5.74, 6) is 0.808. The van der Waals surface area contributed by atoms with Crippen LogP contribution in [0.3, 0.4) is 0 Å². The van der Waals surface area contributed by atoms with Gasteiger partial charge in [0.25, 0.3) is 0 Å². The quantitative estimate of drug-likeness (QED) is 0.831. The van der Waals surface area contributed by atoms with Crippen LogP contribution in [0.15, 0.2) is 0 Å². The maximum Gasteiger partial charge on any atom is 0.214 e. The van der Waals surface area contributed by atoms with Gasteiger partial charge in [-0.05, 0) is 30.6 Å². The zero-order valence-electron chi connectivity index (χ0n) is 12.4. The lowest BCUT2D eigenvalue weighted by Crippen LogP contribution is -2.44. The Bertz CT molecular complexity index is 363. The van der Waals surface area contributed by atoms with E-state index in [0.29, 0.717) is 23.9 Å². The monoisotopic (exact) mass is 276 g/mol. The third-order valence-corrected chi connectivity index (χ3v) is 5.85. The predicted octanol–water partition coefficient (Wildman–Crippen LogP) is 1.68. The lowest BCUT2D eigenvalue weighted by Gasteiger charge is -2.39. The zero-order chi connectivity index (χ0) is 14.0. The molecule has 1 rings (SSSR count). The van der Waals surface area contributed by atoms with Crippen molar-refractivity contribution in [2.75, 3.05) is 26.4 Å². The van der Waals surface area contributed by atoms with Crippen LogP contribution in [0.4, 0.5) is 0 Å². The van der Waals surface area contributed by atoms with Gasteiger partial charge >= 0.3 is 0 Å². The van der Waals surface area contributed by atoms with Crippen molar-refractivity contribution in [2.45, 2.75) is 46.1 Å². The van der Waals surface area contributed by atoms with Crippen molar-refractivity contribution >= 4 is 10.0 Å². The van der Waals surface area contributed by atoms with Crippen molar-refractivity contribution in [1.29, 1.82) is 0 Å². The van der Waals surface area contributed by atoms with E-state index in [-0.39, 0.29) is 5.75 Å². The summed E-state index contributed by atoms with van der Waals surface area (Å²) in [5, 5.41) is 3.41. The Labute approximate surface area is 112 Å². The highest BCUT2D eigenvalue weighted by Gasteiger charge is 2.32. The molecule has 0 heterocycles. The first-order valence-electron chi connectivity index (χ1n) is 6.78. The minimum Gasteiger partial charge on any atom is -0.313 e. The van der Waals surface area contributed by atoms with Gasteiger partial charge < -0.3 is 5.32 Å². The number of rotatable bonds is 5. The molecule has 0 aliphatic heterocycles. The number of hydrogen-bond donors (Lipinski definition) is 1. The largest absolute Gasteiger partial charge is 0.313 e. The van der Waals surface area contributed by atoms with Gasteiger partial charge in [0.05, 0.1) is 5.75 Å². The van der Waals surface area contributed by atoms with Crippen molar-refractivity contribution in [1.82, 2.24) is 9.62 Å². The van der Waals surface area contributed by atoms with Crippen LogP contribution in [0.25, 0.3) is 0 Å². The van der Waals surface area contributed by atoms with Crippen LogP contribution in [-0.2, 0) is 10.0 Å². The van der Waals surface area contributed by atoms with Crippen LogP contribution in [0, 0.1) is 11.3 Å². The molecule has 108 valence electrons. The molecule has 1 aliphatic carbocycles. The van der Waals surface area contributed by atoms with Gasteiger partial charge in [0.15, 0.2) is 0 Å². The molecule has 2 atom stereocenters. The average Bonchev–Trinajstić information content (AvgIpc) is 2.20. The van der Waals surface area contributed by atoms with E-state index in [1.807, 2.05) is 0 Å². The fourth-order valence-electron chi connectivity index (χ4n) is 2.81. The van der Waals surface area contributed by atoms with Crippen LogP contribution >= 0.6 is 0 Å². The Morgan fingerprint density at radius 2 is 1.94 bits per heavy atom. The molecule has 0 amide bonds. The van der Waals surface area contributed by atoms with Crippen molar-refractivity contribution in [3.05, 3.63) is 0 Å². The lowest BCUT2D eigenvalue weighted by molar-refractivity contribution is 0.150. The molecule has 2 unspecified atom stereocenters. The molecule has 0 spiro atoms. The minimum atomic E-state index is -3.07. The molecule has 0 aromatic heterocycles. The van der Waals surface area contributed by atoms with Gasteiger partial charge in [-0.1, -0.05) is 20.8 Å². The Morgan fingerprint density at radius 3 is 2.44 bits per heavy atom. The molecule has 0 saturated heterocycles. The molecule has 0 aromatic carbocycles. The average molecular weight is 276 g/mol. The molecule has 1 aliphatic rings. The Kier molecular flexibility index (Phi) is 5.21. The van der Waals surface area contributed by atoms with Gasteiger partial charge in [0, 0.05) is 26.7 Å². The normalized spacial score (nSPS) is 28.6. The maximum absolute atomic E-state index is 11.6. The molecule has 0 aromatic rings. The van der Waals surface area contributed by atoms with Crippen LogP contribution in [-0.4, -0.2) is 45.2 Å². The van der Waals surface area contributed by atoms with E-state index in [0.717, 1.165) is 6.42 Å². The predicted molar refractivity (Wildman–Crippen MR) is 76.1 cm³/mol. The number of hydrogen-bond acceptors (Lipinski definition) is 3. The summed E-state index contributed by atoms with van der Waals surface area (Å²) in [7, 11) is 0.100. The standard InChI is InChI=1S/C13H28N2O2S/c1-11-10-13(2,3)7-6-12(11)14-8-9-18(16,17)15(4)5/h11-12,14H,6-10H2,1-5H3. The molecule has 0 bridgehead atoms. The highest BCUT2D eigenvalue weighted by atomic mass is 32.2. The molecule has 18 heavy (non-hydrogen) atoms. The number of nitrogens with one attached hydrogen (secondary N) is 1. The molecule has 1 N–H and O–H groups in total. The second-order valence-corrected chi connectivity index (χ2v) is 8.85. The minimum absolute atomic E-state index is 0.187. The summed E-state index contributed by atoms with van der Waals surface area (Å²) in [6.45, 7) is 7.45. The Hall–Kier alpha value is -0.130. The molecule has 4 nitrogen and oxygen atoms in total. The molecule has 5 heteroatoms. The highest BCUT2D eigenvalue weighted by Crippen LogP contribution is 2.38. The van der Waals surface area contributed by atoms with Gasteiger partial charge in [-0.25, -0.2) is 12.7 Å². The second kappa shape index (κ2) is 5.88. The molecule has 1 fully saturated rings. The van der Waals surface area contributed by atoms with Gasteiger partial charge in [-0.15, -0.1) is 0 Å². The summed E-state index contributed by atoms with van der Waals surface area (Å²) in [5.41, 5.74) is 0.438. The van der Waals surface area contributed by atoms with Gasteiger partial charge in [0.2, 0.25) is 10.0 Å². The van der Waals surface area contributed by atoms with E-state index in [9.17, 15) is 8.42 Å². The van der Waals surface area contributed by atoms with Crippen molar-refractivity contribution in [3.63, 3.8) is 0 Å². The Balaban J connectivity index is 2.37. The summed E-state index contributed by atoms with van der Waals surface area (Å²) >= 11 is 0. The van der Waals surface area contributed by atoms with Crippen molar-refractivity contribution < 1.29 is 8.42 Å². The first kappa shape index (κ1) is 15.9. The van der Waals surface area contributed by atoms with Crippen molar-refractivity contribution in [3.8, 4) is 0 Å². The van der Waals surface area contributed by atoms with E-state index in [1.165, 1.54) is 17.1 Å². The molecular weight excluding hydrogens is 248 g/mol.